The Morgan fingerprint density at radius 1 is 0.926 bits per heavy atom. The number of pyridine rings is 1. The molecule has 2 heteroatoms. The van der Waals surface area contributed by atoms with Crippen molar-refractivity contribution in [3.8, 4) is 11.3 Å². The smallest absolute Gasteiger partial charge is 0.144 e. The second kappa shape index (κ2) is 6.23. The van der Waals surface area contributed by atoms with Crippen LogP contribution in [0.3, 0.4) is 0 Å². The van der Waals surface area contributed by atoms with Crippen molar-refractivity contribution >= 4 is 21.9 Å². The van der Waals surface area contributed by atoms with Gasteiger partial charge >= 0.3 is 0 Å². The molecule has 0 bridgehead atoms. The Morgan fingerprint density at radius 2 is 1.70 bits per heavy atom. The summed E-state index contributed by atoms with van der Waals surface area (Å²) in [4.78, 5) is 4.71. The van der Waals surface area contributed by atoms with Crippen molar-refractivity contribution < 1.29 is 4.42 Å². The van der Waals surface area contributed by atoms with Gasteiger partial charge in [0.15, 0.2) is 0 Å². The van der Waals surface area contributed by atoms with Gasteiger partial charge in [-0.2, -0.15) is 0 Å². The van der Waals surface area contributed by atoms with Crippen LogP contribution in [0.2, 0.25) is 0 Å². The van der Waals surface area contributed by atoms with Crippen molar-refractivity contribution in [3.05, 3.63) is 66.4 Å². The first-order chi connectivity index (χ1) is 13.1. The first-order valence-electron chi connectivity index (χ1n) is 10.0. The summed E-state index contributed by atoms with van der Waals surface area (Å²) < 4.78 is 6.22. The van der Waals surface area contributed by atoms with Crippen LogP contribution in [-0.2, 0) is 5.41 Å². The van der Waals surface area contributed by atoms with Gasteiger partial charge in [-0.05, 0) is 54.0 Å². The molecule has 1 fully saturated rings. The molecule has 0 amide bonds. The fourth-order valence-electron chi connectivity index (χ4n) is 4.81. The van der Waals surface area contributed by atoms with Crippen molar-refractivity contribution in [2.75, 3.05) is 0 Å². The van der Waals surface area contributed by atoms with Crippen LogP contribution in [0.4, 0.5) is 0 Å². The lowest BCUT2D eigenvalue weighted by atomic mass is 9.72. The van der Waals surface area contributed by atoms with Crippen molar-refractivity contribution in [1.82, 2.24) is 4.98 Å². The molecule has 1 saturated carbocycles. The minimum Gasteiger partial charge on any atom is -0.455 e. The quantitative estimate of drug-likeness (QED) is 0.391. The number of aromatic nitrogens is 1. The summed E-state index contributed by atoms with van der Waals surface area (Å²) in [5.41, 5.74) is 5.50. The first-order valence-corrected chi connectivity index (χ1v) is 10.0. The number of rotatable bonds is 3. The number of hydrogen-bond acceptors (Lipinski definition) is 2. The molecule has 1 aliphatic carbocycles. The topological polar surface area (TPSA) is 26.0 Å². The Hall–Kier alpha value is -2.61. The minimum absolute atomic E-state index is 0.177. The molecule has 4 aromatic rings. The van der Waals surface area contributed by atoms with E-state index >= 15 is 0 Å². The van der Waals surface area contributed by atoms with Gasteiger partial charge in [0.05, 0.1) is 5.69 Å². The van der Waals surface area contributed by atoms with Crippen molar-refractivity contribution in [2.24, 2.45) is 5.92 Å². The highest BCUT2D eigenvalue weighted by Crippen LogP contribution is 2.43. The maximum atomic E-state index is 6.22. The predicted octanol–water partition coefficient (Wildman–Crippen LogP) is 7.12. The SMILES string of the molecule is CC(C)(c1ccnc(-c2cccc3c2oc2ccccc23)c1)C1CCCC1. The van der Waals surface area contributed by atoms with Gasteiger partial charge in [-0.15, -0.1) is 0 Å². The van der Waals surface area contributed by atoms with Gasteiger partial charge in [0.1, 0.15) is 11.2 Å². The van der Waals surface area contributed by atoms with Gasteiger partial charge in [-0.1, -0.05) is 57.0 Å². The summed E-state index contributed by atoms with van der Waals surface area (Å²) in [6, 6.07) is 19.1. The Kier molecular flexibility index (Phi) is 3.82. The summed E-state index contributed by atoms with van der Waals surface area (Å²) in [6.07, 6.45) is 7.37. The van der Waals surface area contributed by atoms with Crippen LogP contribution < -0.4 is 0 Å². The molecule has 2 aromatic carbocycles. The van der Waals surface area contributed by atoms with E-state index in [1.165, 1.54) is 31.2 Å². The van der Waals surface area contributed by atoms with Crippen LogP contribution in [-0.4, -0.2) is 4.98 Å². The summed E-state index contributed by atoms with van der Waals surface area (Å²) in [7, 11) is 0. The Morgan fingerprint density at radius 3 is 2.56 bits per heavy atom. The van der Waals surface area contributed by atoms with E-state index in [0.717, 1.165) is 39.1 Å². The van der Waals surface area contributed by atoms with E-state index in [4.69, 9.17) is 9.40 Å². The van der Waals surface area contributed by atoms with E-state index < -0.39 is 0 Å². The normalized spacial score (nSPS) is 15.8. The van der Waals surface area contributed by atoms with Crippen LogP contribution in [0.5, 0.6) is 0 Å². The Bertz CT molecular complexity index is 1120. The van der Waals surface area contributed by atoms with Crippen molar-refractivity contribution in [2.45, 2.75) is 44.9 Å². The van der Waals surface area contributed by atoms with Gasteiger partial charge < -0.3 is 4.42 Å². The van der Waals surface area contributed by atoms with E-state index in [-0.39, 0.29) is 5.41 Å². The summed E-state index contributed by atoms with van der Waals surface area (Å²) in [5.74, 6) is 0.759. The van der Waals surface area contributed by atoms with Gasteiger partial charge in [0.2, 0.25) is 0 Å². The lowest BCUT2D eigenvalue weighted by Gasteiger charge is -2.32. The number of para-hydroxylation sites is 2. The number of hydrogen-bond donors (Lipinski definition) is 0. The Labute approximate surface area is 160 Å². The second-order valence-electron chi connectivity index (χ2n) is 8.41. The molecule has 0 saturated heterocycles. The third-order valence-corrected chi connectivity index (χ3v) is 6.56. The first kappa shape index (κ1) is 16.6. The van der Waals surface area contributed by atoms with E-state index in [2.05, 4.69) is 56.3 Å². The van der Waals surface area contributed by atoms with Crippen LogP contribution in [0.15, 0.2) is 65.2 Å². The molecule has 0 radical (unpaired) electrons. The van der Waals surface area contributed by atoms with Gasteiger partial charge in [0, 0.05) is 22.5 Å². The monoisotopic (exact) mass is 355 g/mol. The van der Waals surface area contributed by atoms with Gasteiger partial charge in [-0.3, -0.25) is 4.98 Å². The third-order valence-electron chi connectivity index (χ3n) is 6.56. The molecular formula is C25H25NO. The number of furan rings is 1. The summed E-state index contributed by atoms with van der Waals surface area (Å²) in [5, 5.41) is 2.32. The number of benzene rings is 2. The molecule has 2 heterocycles. The highest BCUT2D eigenvalue weighted by Gasteiger charge is 2.33. The maximum absolute atomic E-state index is 6.22. The zero-order valence-corrected chi connectivity index (χ0v) is 16.0. The van der Waals surface area contributed by atoms with Gasteiger partial charge in [-0.25, -0.2) is 0 Å². The van der Waals surface area contributed by atoms with E-state index in [1.807, 2.05) is 18.3 Å². The lowest BCUT2D eigenvalue weighted by molar-refractivity contribution is 0.325. The molecule has 0 aliphatic heterocycles. The standard InChI is InChI=1S/C25H25NO/c1-25(2,17-8-3-4-9-17)18-14-15-26-22(16-18)21-12-7-11-20-19-10-5-6-13-23(19)27-24(20)21/h5-7,10-17H,3-4,8-9H2,1-2H3. The molecule has 0 unspecified atom stereocenters. The largest absolute Gasteiger partial charge is 0.455 e. The fourth-order valence-corrected chi connectivity index (χ4v) is 4.81. The van der Waals surface area contributed by atoms with E-state index in [9.17, 15) is 0 Å². The molecule has 136 valence electrons. The lowest BCUT2D eigenvalue weighted by Crippen LogP contribution is -2.26. The van der Waals surface area contributed by atoms with Crippen LogP contribution in [0.1, 0.15) is 45.1 Å². The molecular weight excluding hydrogens is 330 g/mol. The van der Waals surface area contributed by atoms with Crippen LogP contribution >= 0.6 is 0 Å². The third kappa shape index (κ3) is 2.66. The number of nitrogens with zero attached hydrogens (tertiary/aromatic N) is 1. The predicted molar refractivity (Wildman–Crippen MR) is 112 cm³/mol. The van der Waals surface area contributed by atoms with Gasteiger partial charge in [0.25, 0.3) is 0 Å². The molecule has 27 heavy (non-hydrogen) atoms. The van der Waals surface area contributed by atoms with Crippen LogP contribution in [0.25, 0.3) is 33.2 Å². The van der Waals surface area contributed by atoms with E-state index in [0.29, 0.717) is 0 Å². The molecule has 0 atom stereocenters. The number of fused-ring (bicyclic) bond motifs is 3. The molecule has 2 aromatic heterocycles. The summed E-state index contributed by atoms with van der Waals surface area (Å²) >= 11 is 0. The minimum atomic E-state index is 0.177. The Balaban J connectivity index is 1.65. The van der Waals surface area contributed by atoms with E-state index in [1.54, 1.807) is 0 Å². The molecule has 1 aliphatic rings. The molecule has 0 N–H and O–H groups in total. The zero-order chi connectivity index (χ0) is 18.4. The average Bonchev–Trinajstić information content (AvgIpc) is 3.36. The zero-order valence-electron chi connectivity index (χ0n) is 16.0. The van der Waals surface area contributed by atoms with Crippen LogP contribution in [0, 0.1) is 5.92 Å². The molecule has 0 spiro atoms. The second-order valence-corrected chi connectivity index (χ2v) is 8.41. The van der Waals surface area contributed by atoms with Crippen molar-refractivity contribution in [1.29, 1.82) is 0 Å². The van der Waals surface area contributed by atoms with Crippen molar-refractivity contribution in [3.63, 3.8) is 0 Å². The highest BCUT2D eigenvalue weighted by molar-refractivity contribution is 6.09. The average molecular weight is 355 g/mol. The summed E-state index contributed by atoms with van der Waals surface area (Å²) in [6.45, 7) is 4.79. The highest BCUT2D eigenvalue weighted by atomic mass is 16.3. The molecule has 2 nitrogen and oxygen atoms in total. The maximum Gasteiger partial charge on any atom is 0.144 e. The molecule has 5 rings (SSSR count). The fraction of sp³-hybridized carbons (Fsp3) is 0.320.